The third-order valence-electron chi connectivity index (χ3n) is 2.72. The molecule has 0 radical (unpaired) electrons. The number of sulfone groups is 1. The fraction of sp³-hybridized carbons (Fsp3) is 0.455. The van der Waals surface area contributed by atoms with Crippen molar-refractivity contribution in [1.29, 1.82) is 0 Å². The highest BCUT2D eigenvalue weighted by molar-refractivity contribution is 7.92. The van der Waals surface area contributed by atoms with Crippen molar-refractivity contribution < 1.29 is 13.3 Å². The fourth-order valence-corrected chi connectivity index (χ4v) is 3.25. The van der Waals surface area contributed by atoms with Gasteiger partial charge in [-0.2, -0.15) is 0 Å². The van der Waals surface area contributed by atoms with Crippen LogP contribution in [0.1, 0.15) is 18.4 Å². The van der Waals surface area contributed by atoms with Gasteiger partial charge in [-0.25, -0.2) is 14.3 Å². The van der Waals surface area contributed by atoms with Gasteiger partial charge in [0.1, 0.15) is 0 Å². The normalized spacial score (nSPS) is 16.3. The van der Waals surface area contributed by atoms with Crippen molar-refractivity contribution in [3.63, 3.8) is 0 Å². The van der Waals surface area contributed by atoms with Crippen LogP contribution in [0.2, 0.25) is 0 Å². The molecule has 0 heterocycles. The van der Waals surface area contributed by atoms with E-state index in [1.54, 1.807) is 12.1 Å². The summed E-state index contributed by atoms with van der Waals surface area (Å²) in [5, 5.41) is -0.147. The molecule has 1 saturated carbocycles. The Morgan fingerprint density at radius 2 is 1.88 bits per heavy atom. The van der Waals surface area contributed by atoms with Gasteiger partial charge in [-0.15, -0.1) is 0 Å². The number of rotatable bonds is 5. The molecule has 2 N–H and O–H groups in total. The van der Waals surface area contributed by atoms with E-state index in [2.05, 4.69) is 4.84 Å². The first-order chi connectivity index (χ1) is 7.64. The van der Waals surface area contributed by atoms with Crippen LogP contribution >= 0.6 is 0 Å². The van der Waals surface area contributed by atoms with Crippen molar-refractivity contribution in [3.05, 3.63) is 29.8 Å². The largest absolute Gasteiger partial charge is 0.304 e. The minimum Gasteiger partial charge on any atom is -0.304 e. The summed E-state index contributed by atoms with van der Waals surface area (Å²) >= 11 is 0. The van der Waals surface area contributed by atoms with E-state index in [1.807, 2.05) is 12.1 Å². The molecule has 1 aliphatic rings. The van der Waals surface area contributed by atoms with Gasteiger partial charge in [-0.05, 0) is 37.0 Å². The summed E-state index contributed by atoms with van der Waals surface area (Å²) in [4.78, 5) is 4.90. The van der Waals surface area contributed by atoms with Gasteiger partial charge in [0, 0.05) is 0 Å². The maximum Gasteiger partial charge on any atom is 0.181 e. The summed E-state index contributed by atoms with van der Waals surface area (Å²) in [5.41, 5.74) is 1.03. The molecule has 0 amide bonds. The van der Waals surface area contributed by atoms with Crippen LogP contribution < -0.4 is 5.90 Å². The van der Waals surface area contributed by atoms with Crippen LogP contribution in [-0.4, -0.2) is 20.3 Å². The van der Waals surface area contributed by atoms with Gasteiger partial charge in [0.2, 0.25) is 0 Å². The van der Waals surface area contributed by atoms with E-state index >= 15 is 0 Å². The maximum absolute atomic E-state index is 11.9. The molecule has 5 heteroatoms. The second kappa shape index (κ2) is 4.53. The molecule has 1 aliphatic carbocycles. The second-order valence-electron chi connectivity index (χ2n) is 4.01. The summed E-state index contributed by atoms with van der Waals surface area (Å²) in [5.74, 6) is 4.93. The minimum absolute atomic E-state index is 0.147. The highest BCUT2D eigenvalue weighted by Crippen LogP contribution is 2.33. The van der Waals surface area contributed by atoms with Gasteiger partial charge in [0.15, 0.2) is 9.84 Å². The fourth-order valence-electron chi connectivity index (χ4n) is 1.59. The van der Waals surface area contributed by atoms with Crippen molar-refractivity contribution in [1.82, 2.24) is 0 Å². The Labute approximate surface area is 95.3 Å². The summed E-state index contributed by atoms with van der Waals surface area (Å²) in [6.45, 7) is 0.439. The Bertz CT molecular complexity index is 449. The summed E-state index contributed by atoms with van der Waals surface area (Å²) in [6, 6.07) is 6.96. The van der Waals surface area contributed by atoms with Crippen molar-refractivity contribution in [2.24, 2.45) is 5.90 Å². The molecule has 0 saturated heterocycles. The Morgan fingerprint density at radius 1 is 1.25 bits per heavy atom. The number of benzene rings is 1. The zero-order valence-electron chi connectivity index (χ0n) is 8.93. The number of nitrogens with two attached hydrogens (primary N) is 1. The second-order valence-corrected chi connectivity index (χ2v) is 6.24. The molecule has 16 heavy (non-hydrogen) atoms. The van der Waals surface area contributed by atoms with Crippen molar-refractivity contribution in [2.45, 2.75) is 29.4 Å². The molecule has 4 nitrogen and oxygen atoms in total. The molecule has 88 valence electrons. The zero-order chi connectivity index (χ0) is 11.6. The van der Waals surface area contributed by atoms with E-state index in [1.165, 1.54) is 0 Å². The van der Waals surface area contributed by atoms with Crippen LogP contribution in [0.3, 0.4) is 0 Å². The first kappa shape index (κ1) is 11.6. The number of hydrogen-bond donors (Lipinski definition) is 1. The lowest BCUT2D eigenvalue weighted by Gasteiger charge is -2.04. The van der Waals surface area contributed by atoms with Crippen molar-refractivity contribution in [3.8, 4) is 0 Å². The third kappa shape index (κ3) is 2.42. The first-order valence-corrected chi connectivity index (χ1v) is 6.84. The SMILES string of the molecule is NOCCc1ccc(S(=O)(=O)C2CC2)cc1. The number of hydrogen-bond acceptors (Lipinski definition) is 4. The molecular formula is C11H15NO3S. The van der Waals surface area contributed by atoms with Gasteiger partial charge in [0.25, 0.3) is 0 Å². The van der Waals surface area contributed by atoms with Gasteiger partial charge >= 0.3 is 0 Å². The van der Waals surface area contributed by atoms with Crippen molar-refractivity contribution >= 4 is 9.84 Å². The van der Waals surface area contributed by atoms with Crippen LogP contribution in [0.4, 0.5) is 0 Å². The standard InChI is InChI=1S/C11H15NO3S/c12-15-8-7-9-1-3-10(4-2-9)16(13,14)11-5-6-11/h1-4,11H,5-8,12H2. The molecule has 0 unspecified atom stereocenters. The molecule has 0 aromatic heterocycles. The first-order valence-electron chi connectivity index (χ1n) is 5.29. The Kier molecular flexibility index (Phi) is 3.28. The van der Waals surface area contributed by atoms with E-state index < -0.39 is 9.84 Å². The molecule has 1 aromatic rings. The van der Waals surface area contributed by atoms with E-state index in [0.717, 1.165) is 18.4 Å². The molecule has 1 fully saturated rings. The summed E-state index contributed by atoms with van der Waals surface area (Å²) in [7, 11) is -3.06. The molecule has 0 spiro atoms. The van der Waals surface area contributed by atoms with Gasteiger partial charge in [0.05, 0.1) is 16.8 Å². The lowest BCUT2D eigenvalue weighted by Crippen LogP contribution is -2.07. The van der Waals surface area contributed by atoms with E-state index in [4.69, 9.17) is 5.90 Å². The molecule has 0 bridgehead atoms. The predicted molar refractivity (Wildman–Crippen MR) is 60.5 cm³/mol. The molecule has 0 atom stereocenters. The third-order valence-corrected chi connectivity index (χ3v) is 5.00. The highest BCUT2D eigenvalue weighted by Gasteiger charge is 2.36. The van der Waals surface area contributed by atoms with Crippen LogP contribution in [0.15, 0.2) is 29.2 Å². The maximum atomic E-state index is 11.9. The zero-order valence-corrected chi connectivity index (χ0v) is 9.74. The van der Waals surface area contributed by atoms with Crippen LogP contribution in [-0.2, 0) is 21.1 Å². The van der Waals surface area contributed by atoms with Crippen molar-refractivity contribution in [2.75, 3.05) is 6.61 Å². The lowest BCUT2D eigenvalue weighted by molar-refractivity contribution is 0.141. The monoisotopic (exact) mass is 241 g/mol. The van der Waals surface area contributed by atoms with Gasteiger partial charge in [-0.1, -0.05) is 12.1 Å². The average molecular weight is 241 g/mol. The Hall–Kier alpha value is -0.910. The molecule has 2 rings (SSSR count). The molecule has 1 aromatic carbocycles. The van der Waals surface area contributed by atoms with E-state index in [9.17, 15) is 8.42 Å². The Balaban J connectivity index is 2.12. The summed E-state index contributed by atoms with van der Waals surface area (Å²) < 4.78 is 23.8. The van der Waals surface area contributed by atoms with Crippen LogP contribution in [0, 0.1) is 0 Å². The summed E-state index contributed by atoms with van der Waals surface area (Å²) in [6.07, 6.45) is 2.29. The molecular weight excluding hydrogens is 226 g/mol. The van der Waals surface area contributed by atoms with Crippen LogP contribution in [0.25, 0.3) is 0 Å². The highest BCUT2D eigenvalue weighted by atomic mass is 32.2. The average Bonchev–Trinajstić information content (AvgIpc) is 3.11. The van der Waals surface area contributed by atoms with E-state index in [0.29, 0.717) is 17.9 Å². The van der Waals surface area contributed by atoms with Crippen LogP contribution in [0.5, 0.6) is 0 Å². The van der Waals surface area contributed by atoms with Gasteiger partial charge < -0.3 is 4.84 Å². The Morgan fingerprint density at radius 3 is 2.38 bits per heavy atom. The lowest BCUT2D eigenvalue weighted by atomic mass is 10.2. The molecule has 0 aliphatic heterocycles. The van der Waals surface area contributed by atoms with E-state index in [-0.39, 0.29) is 5.25 Å². The predicted octanol–water partition coefficient (Wildman–Crippen LogP) is 1.06. The quantitative estimate of drug-likeness (QED) is 0.782. The van der Waals surface area contributed by atoms with Gasteiger partial charge in [-0.3, -0.25) is 0 Å². The smallest absolute Gasteiger partial charge is 0.181 e. The minimum atomic E-state index is -3.06. The topological polar surface area (TPSA) is 69.4 Å².